The summed E-state index contributed by atoms with van der Waals surface area (Å²) in [7, 11) is 3.17. The van der Waals surface area contributed by atoms with Gasteiger partial charge in [0.05, 0.1) is 14.2 Å². The van der Waals surface area contributed by atoms with Crippen LogP contribution in [0, 0.1) is 0 Å². The number of rotatable bonds is 9. The van der Waals surface area contributed by atoms with Gasteiger partial charge in [0.15, 0.2) is 16.7 Å². The summed E-state index contributed by atoms with van der Waals surface area (Å²) < 4.78 is 10.6. The molecule has 2 heterocycles. The molecule has 0 bridgehead atoms. The van der Waals surface area contributed by atoms with Crippen LogP contribution in [0.3, 0.4) is 0 Å². The number of anilines is 1. The zero-order chi connectivity index (χ0) is 26.2. The summed E-state index contributed by atoms with van der Waals surface area (Å²) >= 11 is 1.37. The van der Waals surface area contributed by atoms with Crippen molar-refractivity contribution in [2.75, 3.05) is 39.2 Å². The second kappa shape index (κ2) is 12.6. The third kappa shape index (κ3) is 7.03. The minimum absolute atomic E-state index is 0.0338. The molecule has 0 unspecified atom stereocenters. The molecule has 0 aliphatic carbocycles. The van der Waals surface area contributed by atoms with E-state index in [0.717, 1.165) is 36.7 Å². The van der Waals surface area contributed by atoms with E-state index in [2.05, 4.69) is 20.5 Å². The van der Waals surface area contributed by atoms with E-state index in [1.165, 1.54) is 18.2 Å². The summed E-state index contributed by atoms with van der Waals surface area (Å²) in [5, 5.41) is 5.93. The third-order valence-electron chi connectivity index (χ3n) is 6.28. The Labute approximate surface area is 221 Å². The topological polar surface area (TPSA) is 109 Å². The molecule has 196 valence electrons. The van der Waals surface area contributed by atoms with Crippen LogP contribution in [0.2, 0.25) is 0 Å². The number of amides is 3. The number of aliphatic imine (C=N–C) groups is 1. The highest BCUT2D eigenvalue weighted by atomic mass is 32.2. The Morgan fingerprint density at radius 3 is 2.59 bits per heavy atom. The Morgan fingerprint density at radius 1 is 1.05 bits per heavy atom. The first kappa shape index (κ1) is 26.5. The fourth-order valence-corrected chi connectivity index (χ4v) is 5.42. The lowest BCUT2D eigenvalue weighted by molar-refractivity contribution is -0.121. The number of thioether (sulfide) groups is 1. The molecule has 4 rings (SSSR count). The van der Waals surface area contributed by atoms with E-state index in [-0.39, 0.29) is 24.1 Å². The summed E-state index contributed by atoms with van der Waals surface area (Å²) in [6, 6.07) is 12.4. The molecule has 2 aliphatic heterocycles. The lowest BCUT2D eigenvalue weighted by Crippen LogP contribution is -2.33. The highest BCUT2D eigenvalue weighted by Crippen LogP contribution is 2.29. The molecule has 10 heteroatoms. The van der Waals surface area contributed by atoms with Gasteiger partial charge in [-0.1, -0.05) is 23.9 Å². The predicted molar refractivity (Wildman–Crippen MR) is 145 cm³/mol. The van der Waals surface area contributed by atoms with Crippen molar-refractivity contribution in [3.05, 3.63) is 53.6 Å². The van der Waals surface area contributed by atoms with Crippen LogP contribution in [-0.4, -0.2) is 66.9 Å². The summed E-state index contributed by atoms with van der Waals surface area (Å²) in [4.78, 5) is 44.0. The number of benzene rings is 2. The van der Waals surface area contributed by atoms with E-state index in [1.807, 2.05) is 18.2 Å². The average Bonchev–Trinajstić information content (AvgIpc) is 3.28. The Balaban J connectivity index is 1.26. The molecule has 1 saturated heterocycles. The van der Waals surface area contributed by atoms with Crippen molar-refractivity contribution in [3.8, 4) is 11.5 Å². The van der Waals surface area contributed by atoms with Crippen LogP contribution >= 0.6 is 11.8 Å². The van der Waals surface area contributed by atoms with Gasteiger partial charge < -0.3 is 25.0 Å². The van der Waals surface area contributed by atoms with Gasteiger partial charge in [0, 0.05) is 37.3 Å². The summed E-state index contributed by atoms with van der Waals surface area (Å²) in [6.07, 6.45) is 4.05. The summed E-state index contributed by atoms with van der Waals surface area (Å²) in [6.45, 7) is 2.24. The normalized spacial score (nSPS) is 17.2. The van der Waals surface area contributed by atoms with Gasteiger partial charge >= 0.3 is 0 Å². The van der Waals surface area contributed by atoms with Crippen molar-refractivity contribution in [2.24, 2.45) is 4.99 Å². The number of hydrogen-bond donors (Lipinski definition) is 2. The Hall–Kier alpha value is -3.53. The van der Waals surface area contributed by atoms with Crippen molar-refractivity contribution in [2.45, 2.75) is 37.4 Å². The molecule has 0 aromatic heterocycles. The number of hydrogen-bond acceptors (Lipinski definition) is 7. The first-order chi connectivity index (χ1) is 18.0. The number of nitrogens with zero attached hydrogens (tertiary/aromatic N) is 2. The smallest absolute Gasteiger partial charge is 0.262 e. The van der Waals surface area contributed by atoms with Crippen LogP contribution in [0.5, 0.6) is 11.5 Å². The van der Waals surface area contributed by atoms with E-state index in [4.69, 9.17) is 9.47 Å². The minimum Gasteiger partial charge on any atom is -0.493 e. The molecular formula is C27H32N4O5S. The van der Waals surface area contributed by atoms with E-state index in [0.29, 0.717) is 35.7 Å². The minimum atomic E-state index is -0.514. The standard InChI is InChI=1S/C27H32N4O5S/c1-35-21-10-9-18(15-22(21)36-2)11-12-28-25(33)19-7-6-8-20(16-19)29-24(32)17-23-26(34)30-27(37-23)31-13-4-3-5-14-31/h6-10,15-16,23H,3-5,11-14,17H2,1-2H3,(H,28,33)(H,29,32)/t23-/m0/s1. The van der Waals surface area contributed by atoms with Gasteiger partial charge in [-0.05, 0) is 61.6 Å². The predicted octanol–water partition coefficient (Wildman–Crippen LogP) is 3.49. The van der Waals surface area contributed by atoms with Crippen molar-refractivity contribution in [1.29, 1.82) is 0 Å². The molecule has 0 saturated carbocycles. The zero-order valence-corrected chi connectivity index (χ0v) is 21.9. The Bertz CT molecular complexity index is 1180. The quantitative estimate of drug-likeness (QED) is 0.517. The molecule has 0 radical (unpaired) electrons. The van der Waals surface area contributed by atoms with Crippen LogP contribution in [0.1, 0.15) is 41.6 Å². The van der Waals surface area contributed by atoms with Crippen LogP contribution in [0.4, 0.5) is 5.69 Å². The number of likely N-dealkylation sites (tertiary alicyclic amines) is 1. The second-order valence-corrected chi connectivity index (χ2v) is 10.1. The third-order valence-corrected chi connectivity index (χ3v) is 7.50. The van der Waals surface area contributed by atoms with Crippen molar-refractivity contribution >= 4 is 40.3 Å². The zero-order valence-electron chi connectivity index (χ0n) is 21.1. The second-order valence-electron chi connectivity index (χ2n) is 8.92. The van der Waals surface area contributed by atoms with Gasteiger partial charge in [-0.2, -0.15) is 4.99 Å². The molecule has 9 nitrogen and oxygen atoms in total. The largest absolute Gasteiger partial charge is 0.493 e. The molecule has 37 heavy (non-hydrogen) atoms. The fourth-order valence-electron chi connectivity index (χ4n) is 4.31. The molecule has 1 atom stereocenters. The van der Waals surface area contributed by atoms with Crippen LogP contribution in [-0.2, 0) is 16.0 Å². The van der Waals surface area contributed by atoms with Crippen LogP contribution in [0.15, 0.2) is 47.5 Å². The molecule has 2 aromatic rings. The van der Waals surface area contributed by atoms with Gasteiger partial charge in [-0.15, -0.1) is 0 Å². The van der Waals surface area contributed by atoms with Gasteiger partial charge in [0.25, 0.3) is 11.8 Å². The highest BCUT2D eigenvalue weighted by molar-refractivity contribution is 8.15. The maximum atomic E-state index is 12.7. The van der Waals surface area contributed by atoms with Crippen molar-refractivity contribution in [3.63, 3.8) is 0 Å². The number of amidine groups is 1. The van der Waals surface area contributed by atoms with Gasteiger partial charge in [-0.25, -0.2) is 0 Å². The number of carbonyl (C=O) groups is 3. The number of carbonyl (C=O) groups excluding carboxylic acids is 3. The SMILES string of the molecule is COc1ccc(CCNC(=O)c2cccc(NC(=O)C[C@@H]3SC(N4CCCCC4)=NC3=O)c2)cc1OC. The first-order valence-corrected chi connectivity index (χ1v) is 13.3. The average molecular weight is 525 g/mol. The van der Waals surface area contributed by atoms with Gasteiger partial charge in [0.2, 0.25) is 5.91 Å². The van der Waals surface area contributed by atoms with Crippen LogP contribution < -0.4 is 20.1 Å². The Kier molecular flexibility index (Phi) is 9.05. The number of piperidine rings is 1. The summed E-state index contributed by atoms with van der Waals surface area (Å²) in [5.74, 6) is 0.509. The number of methoxy groups -OCH3 is 2. The van der Waals surface area contributed by atoms with Crippen LogP contribution in [0.25, 0.3) is 0 Å². The summed E-state index contributed by atoms with van der Waals surface area (Å²) in [5.41, 5.74) is 1.95. The number of nitrogens with one attached hydrogen (secondary N) is 2. The fraction of sp³-hybridized carbons (Fsp3) is 0.407. The van der Waals surface area contributed by atoms with Crippen molar-refractivity contribution < 1.29 is 23.9 Å². The molecule has 2 aliphatic rings. The monoisotopic (exact) mass is 524 g/mol. The molecule has 1 fully saturated rings. The molecular weight excluding hydrogens is 492 g/mol. The van der Waals surface area contributed by atoms with E-state index >= 15 is 0 Å². The van der Waals surface area contributed by atoms with E-state index in [9.17, 15) is 14.4 Å². The maximum Gasteiger partial charge on any atom is 0.262 e. The molecule has 2 N–H and O–H groups in total. The number of ether oxygens (including phenoxy) is 2. The first-order valence-electron chi connectivity index (χ1n) is 12.4. The lowest BCUT2D eigenvalue weighted by Gasteiger charge is -2.27. The molecule has 2 aromatic carbocycles. The molecule has 0 spiro atoms. The van der Waals surface area contributed by atoms with Gasteiger partial charge in [0.1, 0.15) is 5.25 Å². The van der Waals surface area contributed by atoms with Crippen molar-refractivity contribution in [1.82, 2.24) is 10.2 Å². The van der Waals surface area contributed by atoms with Gasteiger partial charge in [-0.3, -0.25) is 14.4 Å². The van der Waals surface area contributed by atoms with E-state index < -0.39 is 5.25 Å². The maximum absolute atomic E-state index is 12.7. The lowest BCUT2D eigenvalue weighted by atomic mass is 10.1. The Morgan fingerprint density at radius 2 is 1.84 bits per heavy atom. The highest BCUT2D eigenvalue weighted by Gasteiger charge is 2.33. The molecule has 3 amide bonds. The van der Waals surface area contributed by atoms with E-state index in [1.54, 1.807) is 38.5 Å².